The van der Waals surface area contributed by atoms with Crippen LogP contribution >= 0.6 is 0 Å². The van der Waals surface area contributed by atoms with Gasteiger partial charge in [0.1, 0.15) is 17.6 Å². The molecule has 12 heteroatoms. The van der Waals surface area contributed by atoms with Crippen LogP contribution in [0.3, 0.4) is 0 Å². The van der Waals surface area contributed by atoms with Crippen molar-refractivity contribution in [2.75, 3.05) is 34.0 Å². The van der Waals surface area contributed by atoms with Gasteiger partial charge in [-0.2, -0.15) is 0 Å². The molecule has 2 aliphatic heterocycles. The lowest BCUT2D eigenvalue weighted by Crippen LogP contribution is -2.54. The average molecular weight is 744 g/mol. The van der Waals surface area contributed by atoms with Crippen LogP contribution in [0, 0.1) is 0 Å². The maximum Gasteiger partial charge on any atom is 0.265 e. The Bertz CT molecular complexity index is 1720. The second-order valence-corrected chi connectivity index (χ2v) is 13.9. The van der Waals surface area contributed by atoms with Crippen molar-refractivity contribution in [3.63, 3.8) is 0 Å². The van der Waals surface area contributed by atoms with E-state index in [4.69, 9.17) is 18.9 Å². The fraction of sp³-hybridized carbons (Fsp3) is 0.500. The molecule has 1 atom stereocenters. The van der Waals surface area contributed by atoms with Crippen LogP contribution in [-0.4, -0.2) is 74.5 Å². The summed E-state index contributed by atoms with van der Waals surface area (Å²) in [7, 11) is 3.28. The minimum atomic E-state index is -0.976. The smallest absolute Gasteiger partial charge is 0.265 e. The molecule has 1 unspecified atom stereocenters. The summed E-state index contributed by atoms with van der Waals surface area (Å²) in [4.78, 5) is 63.4. The standard InChI is InChI=1S/C42H53N3O9/c1-51-34-23-19-30(27-36(34)52-2)14-11-13-29-17-20-31(21-18-29)54-28-38(47)43-25-9-7-5-3-4-6-8-10-26-53-35-16-12-15-32-39(35)42(50)45(41(32)49)33-22-24-37(46)44-40(33)48/h15,17-21,23,27,33H,3-14,16,22,24-26,28H2,1-2H3,(H,43,47)(H,44,46,48). The molecule has 5 rings (SSSR count). The van der Waals surface area contributed by atoms with Crippen LogP contribution < -0.4 is 24.8 Å². The Kier molecular flexibility index (Phi) is 15.1. The lowest BCUT2D eigenvalue weighted by atomic mass is 9.98. The zero-order chi connectivity index (χ0) is 38.3. The summed E-state index contributed by atoms with van der Waals surface area (Å²) in [6.07, 6.45) is 14.2. The van der Waals surface area contributed by atoms with Crippen molar-refractivity contribution < 1.29 is 42.9 Å². The number of ether oxygens (including phenoxy) is 4. The van der Waals surface area contributed by atoms with Gasteiger partial charge >= 0.3 is 0 Å². The molecule has 0 spiro atoms. The predicted molar refractivity (Wildman–Crippen MR) is 202 cm³/mol. The van der Waals surface area contributed by atoms with E-state index in [2.05, 4.69) is 16.7 Å². The number of amides is 5. The molecule has 0 saturated carbocycles. The van der Waals surface area contributed by atoms with E-state index >= 15 is 0 Å². The highest BCUT2D eigenvalue weighted by atomic mass is 16.5. The number of nitrogens with one attached hydrogen (secondary N) is 2. The maximum atomic E-state index is 13.2. The largest absolute Gasteiger partial charge is 0.497 e. The zero-order valence-electron chi connectivity index (χ0n) is 31.5. The number of nitrogens with zero attached hydrogens (tertiary/aromatic N) is 1. The first kappa shape index (κ1) is 40.1. The summed E-state index contributed by atoms with van der Waals surface area (Å²) in [5, 5.41) is 5.17. The molecule has 2 saturated heterocycles. The van der Waals surface area contributed by atoms with Crippen molar-refractivity contribution in [3.05, 3.63) is 76.6 Å². The number of allylic oxidation sites excluding steroid dienone is 2. The van der Waals surface area contributed by atoms with E-state index in [0.717, 1.165) is 87.0 Å². The summed E-state index contributed by atoms with van der Waals surface area (Å²) in [6.45, 7) is 1.09. The van der Waals surface area contributed by atoms with Gasteiger partial charge in [-0.15, -0.1) is 0 Å². The Morgan fingerprint density at radius 3 is 2.19 bits per heavy atom. The molecule has 0 aromatic heterocycles. The SMILES string of the molecule is COc1ccc(CCCc2ccc(OCC(=O)NCCCCCCCCCCOC3=C4C(=O)N(C5CCC(=O)NC5=O)C(=O)C4=CCC3)cc2)cc1OC. The van der Waals surface area contributed by atoms with Crippen LogP contribution in [0.25, 0.3) is 0 Å². The van der Waals surface area contributed by atoms with E-state index in [0.29, 0.717) is 43.1 Å². The monoisotopic (exact) mass is 743 g/mol. The predicted octanol–water partition coefficient (Wildman–Crippen LogP) is 5.66. The molecule has 290 valence electrons. The van der Waals surface area contributed by atoms with Crippen LogP contribution in [0.4, 0.5) is 0 Å². The number of methoxy groups -OCH3 is 2. The molecule has 2 aromatic carbocycles. The normalized spacial score (nSPS) is 16.9. The Morgan fingerprint density at radius 1 is 0.778 bits per heavy atom. The number of hydrogen-bond donors (Lipinski definition) is 2. The second kappa shape index (κ2) is 20.4. The summed E-state index contributed by atoms with van der Waals surface area (Å²) in [6, 6.07) is 13.0. The molecule has 1 aliphatic carbocycles. The maximum absolute atomic E-state index is 13.2. The van der Waals surface area contributed by atoms with Gasteiger partial charge in [0.05, 0.1) is 32.0 Å². The molecule has 0 radical (unpaired) electrons. The number of aryl methyl sites for hydroxylation is 2. The molecule has 12 nitrogen and oxygen atoms in total. The van der Waals surface area contributed by atoms with Crippen LogP contribution in [0.1, 0.15) is 94.6 Å². The molecule has 2 N–H and O–H groups in total. The Balaban J connectivity index is 0.865. The van der Waals surface area contributed by atoms with E-state index in [1.165, 1.54) is 11.1 Å². The topological polar surface area (TPSA) is 150 Å². The van der Waals surface area contributed by atoms with Gasteiger partial charge in [-0.1, -0.05) is 62.8 Å². The van der Waals surface area contributed by atoms with Crippen molar-refractivity contribution in [3.8, 4) is 17.2 Å². The molecule has 2 aromatic rings. The third kappa shape index (κ3) is 11.0. The quantitative estimate of drug-likeness (QED) is 0.115. The van der Waals surface area contributed by atoms with Gasteiger partial charge in [0.2, 0.25) is 11.8 Å². The molecule has 5 amide bonds. The number of carbonyl (C=O) groups excluding carboxylic acids is 5. The summed E-state index contributed by atoms with van der Waals surface area (Å²) >= 11 is 0. The molecular formula is C42H53N3O9. The fourth-order valence-electron chi connectivity index (χ4n) is 7.05. The summed E-state index contributed by atoms with van der Waals surface area (Å²) in [5.74, 6) is 0.533. The number of benzene rings is 2. The molecule has 3 aliphatic rings. The summed E-state index contributed by atoms with van der Waals surface area (Å²) in [5.41, 5.74) is 2.99. The highest BCUT2D eigenvalue weighted by Crippen LogP contribution is 2.36. The van der Waals surface area contributed by atoms with E-state index in [1.807, 2.05) is 36.4 Å². The van der Waals surface area contributed by atoms with E-state index in [1.54, 1.807) is 20.3 Å². The Morgan fingerprint density at radius 2 is 1.46 bits per heavy atom. The van der Waals surface area contributed by atoms with Gasteiger partial charge in [-0.05, 0) is 80.3 Å². The van der Waals surface area contributed by atoms with Crippen LogP contribution in [0.15, 0.2) is 65.4 Å². The molecule has 2 fully saturated rings. The molecular weight excluding hydrogens is 690 g/mol. The lowest BCUT2D eigenvalue weighted by Gasteiger charge is -2.27. The van der Waals surface area contributed by atoms with Gasteiger partial charge in [-0.25, -0.2) is 0 Å². The van der Waals surface area contributed by atoms with Crippen molar-refractivity contribution in [1.29, 1.82) is 0 Å². The van der Waals surface area contributed by atoms with Gasteiger partial charge in [0.15, 0.2) is 18.1 Å². The molecule has 0 bridgehead atoms. The zero-order valence-corrected chi connectivity index (χ0v) is 31.5. The van der Waals surface area contributed by atoms with Gasteiger partial charge in [0, 0.05) is 19.4 Å². The van der Waals surface area contributed by atoms with E-state index in [9.17, 15) is 24.0 Å². The van der Waals surface area contributed by atoms with Gasteiger partial charge in [-0.3, -0.25) is 34.2 Å². The van der Waals surface area contributed by atoms with Crippen molar-refractivity contribution in [1.82, 2.24) is 15.5 Å². The number of unbranched alkanes of at least 4 members (excludes halogenated alkanes) is 7. The molecule has 54 heavy (non-hydrogen) atoms. The number of hydrogen-bond acceptors (Lipinski definition) is 9. The lowest BCUT2D eigenvalue weighted by molar-refractivity contribution is -0.149. The van der Waals surface area contributed by atoms with Crippen molar-refractivity contribution in [2.24, 2.45) is 0 Å². The summed E-state index contributed by atoms with van der Waals surface area (Å²) < 4.78 is 22.4. The van der Waals surface area contributed by atoms with Crippen LogP contribution in [-0.2, 0) is 41.6 Å². The average Bonchev–Trinajstić information content (AvgIpc) is 3.43. The minimum absolute atomic E-state index is 0.00589. The van der Waals surface area contributed by atoms with Crippen LogP contribution in [0.5, 0.6) is 17.2 Å². The first-order valence-corrected chi connectivity index (χ1v) is 19.3. The fourth-order valence-corrected chi connectivity index (χ4v) is 7.05. The number of likely N-dealkylation sites (tertiary alicyclic amines) is 1. The van der Waals surface area contributed by atoms with Crippen LogP contribution in [0.2, 0.25) is 0 Å². The highest BCUT2D eigenvalue weighted by molar-refractivity contribution is 6.26. The van der Waals surface area contributed by atoms with E-state index < -0.39 is 29.7 Å². The van der Waals surface area contributed by atoms with Gasteiger partial charge < -0.3 is 24.3 Å². The molecule has 2 heterocycles. The minimum Gasteiger partial charge on any atom is -0.497 e. The Labute approximate surface area is 317 Å². The number of imide groups is 2. The highest BCUT2D eigenvalue weighted by Gasteiger charge is 2.48. The first-order chi connectivity index (χ1) is 26.3. The Hall–Kier alpha value is -5.13. The third-order valence-electron chi connectivity index (χ3n) is 10.0. The van der Waals surface area contributed by atoms with Crippen molar-refractivity contribution >= 4 is 29.5 Å². The third-order valence-corrected chi connectivity index (χ3v) is 10.0. The van der Waals surface area contributed by atoms with E-state index in [-0.39, 0.29) is 30.9 Å². The number of piperidine rings is 1. The first-order valence-electron chi connectivity index (χ1n) is 19.3. The van der Waals surface area contributed by atoms with Crippen molar-refractivity contribution in [2.45, 2.75) is 102 Å². The number of carbonyl (C=O) groups is 5. The second-order valence-electron chi connectivity index (χ2n) is 13.9. The number of fused-ring (bicyclic) bond motifs is 1. The number of rotatable bonds is 22. The van der Waals surface area contributed by atoms with Gasteiger partial charge in [0.25, 0.3) is 17.7 Å².